The minimum Gasteiger partial charge on any atom is -0.544 e. The minimum atomic E-state index is -3.94. The predicted octanol–water partition coefficient (Wildman–Crippen LogP) is -10.7. The predicted molar refractivity (Wildman–Crippen MR) is 493 cm³/mol. The van der Waals surface area contributed by atoms with E-state index in [1.165, 1.54) is 83.1 Å². The molecule has 0 aromatic heterocycles. The van der Waals surface area contributed by atoms with Crippen molar-refractivity contribution in [3.8, 4) is 0 Å². The van der Waals surface area contributed by atoms with Gasteiger partial charge in [0.1, 0.15) is 170 Å². The summed E-state index contributed by atoms with van der Waals surface area (Å²) in [5, 5.41) is 306. The van der Waals surface area contributed by atoms with E-state index < -0.39 is 363 Å². The average molecular weight is 2130 g/mol. The van der Waals surface area contributed by atoms with E-state index in [0.717, 1.165) is 111 Å². The summed E-state index contributed by atoms with van der Waals surface area (Å²) in [7, 11) is 0. The van der Waals surface area contributed by atoms with Gasteiger partial charge in [0.2, 0.25) is 46.9 Å². The van der Waals surface area contributed by atoms with Gasteiger partial charge in [-0.15, -0.1) is 0 Å². The molecule has 7 heterocycles. The van der Waals surface area contributed by atoms with E-state index in [4.69, 9.17) is 66.3 Å². The Balaban J connectivity index is 1.26. The number of unbranched alkanes of at least 4 members (excludes halogenated alkanes) is 25. The number of carboxylic acid groups (broad SMARTS) is 3. The Bertz CT molecular complexity index is 3920. The fourth-order valence-corrected chi connectivity index (χ4v) is 19.5. The Morgan fingerprint density at radius 1 is 0.374 bits per heavy atom. The van der Waals surface area contributed by atoms with Crippen molar-refractivity contribution in [2.45, 2.75) is 484 Å². The van der Waals surface area contributed by atoms with Crippen LogP contribution in [0, 0.1) is 0 Å². The van der Waals surface area contributed by atoms with Gasteiger partial charge in [0, 0.05) is 53.4 Å². The molecule has 0 saturated carbocycles. The first-order valence-electron chi connectivity index (χ1n) is 51.3. The van der Waals surface area contributed by atoms with Crippen molar-refractivity contribution in [1.82, 2.24) is 26.6 Å². The molecule has 5 amide bonds. The zero-order valence-electron chi connectivity index (χ0n) is 84.1. The minimum absolute atomic E-state index is 0.0400. The molecule has 40 atom stereocenters. The number of aliphatic carboxylic acids is 3. The fraction of sp³-hybridized carbons (Fsp3) is 0.895. The number of carboxylic acids is 3. The van der Waals surface area contributed by atoms with Crippen molar-refractivity contribution in [3.63, 3.8) is 0 Å². The molecule has 7 aliphatic rings. The number of ether oxygens (including phenoxy) is 14. The Morgan fingerprint density at radius 2 is 0.721 bits per heavy atom. The third-order valence-electron chi connectivity index (χ3n) is 27.5. The molecule has 147 heavy (non-hydrogen) atoms. The van der Waals surface area contributed by atoms with E-state index in [2.05, 4.69) is 40.4 Å². The van der Waals surface area contributed by atoms with Gasteiger partial charge in [-0.1, -0.05) is 180 Å². The van der Waals surface area contributed by atoms with Crippen molar-refractivity contribution in [3.05, 3.63) is 12.2 Å². The van der Waals surface area contributed by atoms with E-state index in [9.17, 15) is 166 Å². The summed E-state index contributed by atoms with van der Waals surface area (Å²) in [5.74, 6) is -23.4. The van der Waals surface area contributed by atoms with Gasteiger partial charge in [-0.05, 0) is 19.3 Å². The summed E-state index contributed by atoms with van der Waals surface area (Å²) in [6.45, 7) is -2.54. The lowest BCUT2D eigenvalue weighted by molar-refractivity contribution is -0.424. The Labute approximate surface area is 852 Å². The maximum Gasteiger partial charge on any atom is 0.220 e. The van der Waals surface area contributed by atoms with Gasteiger partial charge in [0.05, 0.1) is 101 Å². The number of carbonyl (C=O) groups excluding carboxylic acids is 8. The molecule has 852 valence electrons. The van der Waals surface area contributed by atoms with Crippen LogP contribution in [0.2, 0.25) is 0 Å². The SMILES string of the molecule is CCCCCCCCCCCCC/C=C/[C@@H](O)[C@H](CO[C@@H]1O[C@H](CO)[C@@H](O[C@@H]2O[C@H](CO)[C@H](O[C@@H]3O[C@H](CO)[C@H](O)[C@H](O[C@@H]4O[C@H](CO)[C@H](O)[C@H](O[C@]5(C(=O)[O-])C[C@H](O)[C@@H](NC(C)=O)[C@H]([C@H](O)[C@H](O)CO)O5)[C@H]4O)[C@H]3NC(C)=O)[C@H](O[C@]3(C(=O)[O-])C[C@H](O)[C@@H](NC(C)=O)[C@H]([C@H](O)[C@@H](CO)O[C@]4(C(=O)[O-])C[C@H](O)[C@@H](NC(C)=O)[C@H]([C@H](O)[C@H](O)CO)O4)O3)[C@H]2O)[C@H](O)[C@H]1O)NC(=O)CCCCCCCCCCCCCCCCC. The summed E-state index contributed by atoms with van der Waals surface area (Å²) >= 11 is 0. The third-order valence-corrected chi connectivity index (χ3v) is 27.5. The summed E-state index contributed by atoms with van der Waals surface area (Å²) in [6.07, 6.45) is -49.5. The quantitative estimate of drug-likeness (QED) is 0.0199. The first-order chi connectivity index (χ1) is 69.9. The van der Waals surface area contributed by atoms with Crippen LogP contribution in [0.15, 0.2) is 12.2 Å². The Morgan fingerprint density at radius 3 is 1.14 bits per heavy atom. The average Bonchev–Trinajstić information content (AvgIpc) is 0.742. The second-order valence-electron chi connectivity index (χ2n) is 39.2. The summed E-state index contributed by atoms with van der Waals surface area (Å²) in [5.41, 5.74) is 0. The second kappa shape index (κ2) is 63.2. The van der Waals surface area contributed by atoms with Crippen LogP contribution >= 0.6 is 0 Å². The number of nitrogens with one attached hydrogen (secondary N) is 5. The van der Waals surface area contributed by atoms with Crippen molar-refractivity contribution >= 4 is 47.4 Å². The van der Waals surface area contributed by atoms with Gasteiger partial charge in [0.25, 0.3) is 0 Å². The number of amides is 5. The molecular weight excluding hydrogens is 1960 g/mol. The third kappa shape index (κ3) is 36.1. The summed E-state index contributed by atoms with van der Waals surface area (Å²) in [6, 6.07) is -9.53. The van der Waals surface area contributed by atoms with Crippen LogP contribution < -0.4 is 41.9 Å². The number of rotatable bonds is 66. The molecule has 7 aliphatic heterocycles. The van der Waals surface area contributed by atoms with Gasteiger partial charge >= 0.3 is 0 Å². The molecule has 0 unspecified atom stereocenters. The van der Waals surface area contributed by atoms with E-state index in [-0.39, 0.29) is 6.42 Å². The highest BCUT2D eigenvalue weighted by Gasteiger charge is 2.64. The van der Waals surface area contributed by atoms with Crippen LogP contribution in [0.5, 0.6) is 0 Å². The number of aliphatic hydroxyl groups is 22. The van der Waals surface area contributed by atoms with Gasteiger partial charge in [-0.2, -0.15) is 0 Å². The fourth-order valence-electron chi connectivity index (χ4n) is 19.5. The molecule has 7 saturated heterocycles. The molecular formula is C95H162N5O47-3. The van der Waals surface area contributed by atoms with Crippen LogP contribution in [0.4, 0.5) is 0 Å². The lowest BCUT2D eigenvalue weighted by atomic mass is 9.87. The van der Waals surface area contributed by atoms with Crippen LogP contribution in [0.3, 0.4) is 0 Å². The lowest BCUT2D eigenvalue weighted by Crippen LogP contribution is -2.74. The van der Waals surface area contributed by atoms with Crippen molar-refractivity contribution < 1.29 is 232 Å². The number of allylic oxidation sites excluding steroid dienone is 1. The van der Waals surface area contributed by atoms with Crippen LogP contribution in [0.25, 0.3) is 0 Å². The summed E-state index contributed by atoms with van der Waals surface area (Å²) in [4.78, 5) is 107. The smallest absolute Gasteiger partial charge is 0.220 e. The maximum absolute atomic E-state index is 14.5. The number of hydrogen-bond donors (Lipinski definition) is 27. The standard InChI is InChI=1S/C95H165N5O47/c1-7-9-11-13-15-17-19-21-22-24-26-28-30-32-34-36-64(118)100-52(53(112)35-33-31-29-27-25-23-20-18-16-14-12-10-8-2)47-134-87-75(125)74(124)78(62(45-106)137-87)139-89-77(127)85(147-95(92(132)133)39-56(115)67(98-50(5)110)83(145-95)73(123)61(44-105)142-93(90(128)129)37-54(113)65(96-48(3)108)81(143-93)69(119)57(116)40-101)79(63(46-107)138-89)140-86-68(99-51(6)111)80(71(121)59(42-103)135-86)141-88-76(126)84(72(122)60(43-104)136-88)146-94(91(130)131)38-55(114)66(97-49(4)109)82(144-94)70(120)58(117)41-102/h33,35,52-63,65-89,101-107,112-117,119-127H,7-32,34,36-47H2,1-6H3,(H,96,108)(H,97,109)(H,98,110)(H,99,111)(H,100,118)(H,128,129)(H,130,131)(H,132,133)/p-3/b35-33+/t52-,53+,54-,55-,56-,57+,58+,59+,60+,61+,62+,63+,65+,66+,67+,68+,69+,70+,71-,72-,73+,74+,75+,76+,77+,78+,79-,80+,81+,82+,83+,84-,85+,86-,87+,88-,89-,93+,94-,95-/m0/s1. The first kappa shape index (κ1) is 128. The molecule has 0 spiro atoms. The molecule has 27 N–H and O–H groups in total. The number of carbonyl (C=O) groups is 8. The van der Waals surface area contributed by atoms with Crippen molar-refractivity contribution in [1.29, 1.82) is 0 Å². The van der Waals surface area contributed by atoms with Gasteiger partial charge in [-0.25, -0.2) is 0 Å². The molecule has 0 aliphatic carbocycles. The van der Waals surface area contributed by atoms with E-state index in [1.54, 1.807) is 6.08 Å². The van der Waals surface area contributed by atoms with E-state index >= 15 is 0 Å². The monoisotopic (exact) mass is 2130 g/mol. The number of aliphatic hydroxyl groups excluding tert-OH is 22. The van der Waals surface area contributed by atoms with E-state index in [1.807, 2.05) is 0 Å². The molecule has 0 aromatic carbocycles. The highest BCUT2D eigenvalue weighted by atomic mass is 16.8. The van der Waals surface area contributed by atoms with Crippen LogP contribution in [0.1, 0.15) is 241 Å². The van der Waals surface area contributed by atoms with Crippen molar-refractivity contribution in [2.75, 3.05) is 52.9 Å². The normalized spacial score (nSPS) is 35.5. The van der Waals surface area contributed by atoms with Gasteiger partial charge in [-0.3, -0.25) is 24.0 Å². The van der Waals surface area contributed by atoms with Crippen LogP contribution in [-0.2, 0) is 105 Å². The Kier molecular flexibility index (Phi) is 55.0. The topological polar surface area (TPSA) is 840 Å². The first-order valence-corrected chi connectivity index (χ1v) is 51.3. The highest BCUT2D eigenvalue weighted by molar-refractivity contribution is 5.78. The molecule has 0 radical (unpaired) electrons. The molecule has 52 heteroatoms. The lowest BCUT2D eigenvalue weighted by Gasteiger charge is -2.54. The largest absolute Gasteiger partial charge is 0.544 e. The Hall–Kier alpha value is -5.94. The number of hydrogen-bond acceptors (Lipinski definition) is 47. The molecule has 52 nitrogen and oxygen atoms in total. The zero-order valence-corrected chi connectivity index (χ0v) is 84.1. The summed E-state index contributed by atoms with van der Waals surface area (Å²) < 4.78 is 84.0. The molecule has 7 fully saturated rings. The van der Waals surface area contributed by atoms with E-state index in [0.29, 0.717) is 12.8 Å². The molecule has 0 aromatic rings. The van der Waals surface area contributed by atoms with Crippen molar-refractivity contribution in [2.24, 2.45) is 0 Å². The second-order valence-corrected chi connectivity index (χ2v) is 39.2. The molecule has 7 rings (SSSR count). The van der Waals surface area contributed by atoms with Gasteiger partial charge < -0.3 is 235 Å². The maximum atomic E-state index is 14.5. The zero-order chi connectivity index (χ0) is 109. The highest BCUT2D eigenvalue weighted by Crippen LogP contribution is 2.45. The molecule has 0 bridgehead atoms. The van der Waals surface area contributed by atoms with Crippen LogP contribution in [-0.4, -0.2) is 456 Å². The van der Waals surface area contributed by atoms with Gasteiger partial charge in [0.15, 0.2) is 25.2 Å².